The molecule has 0 bridgehead atoms. The number of nitrogens with one attached hydrogen (secondary N) is 1. The zero-order chi connectivity index (χ0) is 15.1. The van der Waals surface area contributed by atoms with Gasteiger partial charge in [-0.15, -0.1) is 0 Å². The first kappa shape index (κ1) is 15.9. The van der Waals surface area contributed by atoms with Crippen molar-refractivity contribution in [1.82, 2.24) is 4.90 Å². The number of nitrogens with zero attached hydrogens (tertiary/aromatic N) is 1. The molecule has 1 atom stereocenters. The Bertz CT molecular complexity index is 437. The van der Waals surface area contributed by atoms with Crippen molar-refractivity contribution in [3.8, 4) is 0 Å². The summed E-state index contributed by atoms with van der Waals surface area (Å²) in [7, 11) is 1.57. The second kappa shape index (κ2) is 8.12. The summed E-state index contributed by atoms with van der Waals surface area (Å²) in [4.78, 5) is 14.3. The molecule has 1 aromatic carbocycles. The van der Waals surface area contributed by atoms with Gasteiger partial charge in [-0.1, -0.05) is 12.1 Å². The van der Waals surface area contributed by atoms with E-state index >= 15 is 0 Å². The average molecular weight is 291 g/mol. The van der Waals surface area contributed by atoms with E-state index in [4.69, 9.17) is 10.5 Å². The van der Waals surface area contributed by atoms with Gasteiger partial charge in [0, 0.05) is 25.9 Å². The third-order valence-corrected chi connectivity index (χ3v) is 3.85. The number of carbonyl (C=O) groups is 1. The smallest absolute Gasteiger partial charge is 0.227 e. The lowest BCUT2D eigenvalue weighted by atomic mass is 10.2. The van der Waals surface area contributed by atoms with Gasteiger partial charge in [0.15, 0.2) is 0 Å². The maximum Gasteiger partial charge on any atom is 0.227 e. The summed E-state index contributed by atoms with van der Waals surface area (Å²) in [6, 6.07) is 8.05. The summed E-state index contributed by atoms with van der Waals surface area (Å²) in [5.41, 5.74) is 7.61. The van der Waals surface area contributed by atoms with Crippen LogP contribution in [0.2, 0.25) is 0 Å². The highest BCUT2D eigenvalue weighted by Crippen LogP contribution is 2.15. The Kier molecular flexibility index (Phi) is 6.17. The summed E-state index contributed by atoms with van der Waals surface area (Å²) in [6.45, 7) is 3.72. The summed E-state index contributed by atoms with van der Waals surface area (Å²) in [5, 5.41) is 2.87. The van der Waals surface area contributed by atoms with Gasteiger partial charge in [-0.05, 0) is 43.6 Å². The van der Waals surface area contributed by atoms with Crippen LogP contribution in [0.25, 0.3) is 0 Å². The molecule has 0 spiro atoms. The molecule has 1 fully saturated rings. The van der Waals surface area contributed by atoms with Crippen molar-refractivity contribution >= 4 is 11.6 Å². The molecule has 1 aromatic rings. The van der Waals surface area contributed by atoms with Crippen LogP contribution in [0.5, 0.6) is 0 Å². The van der Waals surface area contributed by atoms with E-state index in [-0.39, 0.29) is 18.4 Å². The highest BCUT2D eigenvalue weighted by molar-refractivity contribution is 5.91. The number of carbonyl (C=O) groups excluding carboxylic acids is 1. The number of rotatable bonds is 7. The van der Waals surface area contributed by atoms with Crippen molar-refractivity contribution in [2.45, 2.75) is 31.9 Å². The van der Waals surface area contributed by atoms with Crippen molar-refractivity contribution in [3.63, 3.8) is 0 Å². The Balaban J connectivity index is 1.82. The van der Waals surface area contributed by atoms with Gasteiger partial charge >= 0.3 is 0 Å². The fourth-order valence-electron chi connectivity index (χ4n) is 2.57. The second-order valence-electron chi connectivity index (χ2n) is 5.53. The van der Waals surface area contributed by atoms with Gasteiger partial charge in [0.25, 0.3) is 0 Å². The minimum absolute atomic E-state index is 0.0698. The summed E-state index contributed by atoms with van der Waals surface area (Å²) < 4.78 is 5.11. The van der Waals surface area contributed by atoms with E-state index in [2.05, 4.69) is 22.3 Å². The number of nitrogens with two attached hydrogens (primary N) is 1. The standard InChI is InChI=1S/C16H25N3O2/c1-21-15(11-17)10-16(20)18-14-6-4-13(5-7-14)12-19-8-2-3-9-19/h4-7,15H,2-3,8-12,17H2,1H3,(H,18,20). The maximum absolute atomic E-state index is 11.8. The van der Waals surface area contributed by atoms with Crippen molar-refractivity contribution in [2.75, 3.05) is 32.1 Å². The number of benzene rings is 1. The van der Waals surface area contributed by atoms with E-state index in [1.54, 1.807) is 7.11 Å². The fraction of sp³-hybridized carbons (Fsp3) is 0.562. The molecule has 21 heavy (non-hydrogen) atoms. The highest BCUT2D eigenvalue weighted by Gasteiger charge is 2.13. The van der Waals surface area contributed by atoms with Gasteiger partial charge in [-0.3, -0.25) is 9.69 Å². The molecule has 0 aliphatic carbocycles. The van der Waals surface area contributed by atoms with Crippen LogP contribution in [0.1, 0.15) is 24.8 Å². The third kappa shape index (κ3) is 5.12. The van der Waals surface area contributed by atoms with Crippen molar-refractivity contribution < 1.29 is 9.53 Å². The number of likely N-dealkylation sites (tertiary alicyclic amines) is 1. The predicted molar refractivity (Wildman–Crippen MR) is 84.1 cm³/mol. The zero-order valence-corrected chi connectivity index (χ0v) is 12.7. The largest absolute Gasteiger partial charge is 0.380 e. The van der Waals surface area contributed by atoms with Crippen LogP contribution in [0, 0.1) is 0 Å². The van der Waals surface area contributed by atoms with Gasteiger partial charge in [0.1, 0.15) is 0 Å². The molecule has 1 aliphatic heterocycles. The molecular weight excluding hydrogens is 266 g/mol. The lowest BCUT2D eigenvalue weighted by Gasteiger charge is -2.15. The zero-order valence-electron chi connectivity index (χ0n) is 12.7. The molecule has 0 aromatic heterocycles. The Hall–Kier alpha value is -1.43. The first-order valence-electron chi connectivity index (χ1n) is 7.55. The van der Waals surface area contributed by atoms with E-state index in [0.717, 1.165) is 12.2 Å². The first-order chi connectivity index (χ1) is 10.2. The Morgan fingerprint density at radius 1 is 1.33 bits per heavy atom. The van der Waals surface area contributed by atoms with Crippen LogP contribution in [-0.4, -0.2) is 43.7 Å². The SMILES string of the molecule is COC(CN)CC(=O)Nc1ccc(CN2CCCC2)cc1. The molecule has 5 nitrogen and oxygen atoms in total. The van der Waals surface area contributed by atoms with E-state index in [1.165, 1.54) is 31.5 Å². The van der Waals surface area contributed by atoms with Crippen LogP contribution < -0.4 is 11.1 Å². The Morgan fingerprint density at radius 3 is 2.57 bits per heavy atom. The van der Waals surface area contributed by atoms with Gasteiger partial charge < -0.3 is 15.8 Å². The Labute approximate surface area is 126 Å². The monoisotopic (exact) mass is 291 g/mol. The molecule has 1 amide bonds. The lowest BCUT2D eigenvalue weighted by molar-refractivity contribution is -0.118. The van der Waals surface area contributed by atoms with Crippen molar-refractivity contribution in [2.24, 2.45) is 5.73 Å². The minimum atomic E-state index is -0.223. The number of anilines is 1. The average Bonchev–Trinajstić information content (AvgIpc) is 3.00. The summed E-state index contributed by atoms with van der Waals surface area (Å²) in [6.07, 6.45) is 2.66. The van der Waals surface area contributed by atoms with Gasteiger partial charge in [0.2, 0.25) is 5.91 Å². The molecule has 0 radical (unpaired) electrons. The Morgan fingerprint density at radius 2 is 2.00 bits per heavy atom. The van der Waals surface area contributed by atoms with Crippen LogP contribution in [0.15, 0.2) is 24.3 Å². The molecule has 1 saturated heterocycles. The number of methoxy groups -OCH3 is 1. The number of amides is 1. The van der Waals surface area contributed by atoms with Crippen LogP contribution in [-0.2, 0) is 16.1 Å². The molecule has 1 aliphatic rings. The first-order valence-corrected chi connectivity index (χ1v) is 7.55. The molecular formula is C16H25N3O2. The second-order valence-corrected chi connectivity index (χ2v) is 5.53. The molecule has 5 heteroatoms. The van der Waals surface area contributed by atoms with Crippen molar-refractivity contribution in [1.29, 1.82) is 0 Å². The molecule has 2 rings (SSSR count). The molecule has 0 saturated carbocycles. The van der Waals surface area contributed by atoms with Gasteiger partial charge in [-0.25, -0.2) is 0 Å². The molecule has 1 heterocycles. The highest BCUT2D eigenvalue weighted by atomic mass is 16.5. The van der Waals surface area contributed by atoms with Gasteiger partial charge in [0.05, 0.1) is 12.5 Å². The van der Waals surface area contributed by atoms with E-state index in [9.17, 15) is 4.79 Å². The van der Waals surface area contributed by atoms with Crippen LogP contribution >= 0.6 is 0 Å². The third-order valence-electron chi connectivity index (χ3n) is 3.85. The van der Waals surface area contributed by atoms with E-state index in [0.29, 0.717) is 6.54 Å². The minimum Gasteiger partial charge on any atom is -0.380 e. The number of hydrogen-bond acceptors (Lipinski definition) is 4. The summed E-state index contributed by atoms with van der Waals surface area (Å²) >= 11 is 0. The summed E-state index contributed by atoms with van der Waals surface area (Å²) in [5.74, 6) is -0.0698. The van der Waals surface area contributed by atoms with Gasteiger partial charge in [-0.2, -0.15) is 0 Å². The molecule has 1 unspecified atom stereocenters. The van der Waals surface area contributed by atoms with E-state index < -0.39 is 0 Å². The normalized spacial score (nSPS) is 16.9. The maximum atomic E-state index is 11.8. The van der Waals surface area contributed by atoms with Crippen LogP contribution in [0.3, 0.4) is 0 Å². The van der Waals surface area contributed by atoms with Crippen LogP contribution in [0.4, 0.5) is 5.69 Å². The van der Waals surface area contributed by atoms with E-state index in [1.807, 2.05) is 12.1 Å². The quantitative estimate of drug-likeness (QED) is 0.800. The van der Waals surface area contributed by atoms with Crippen molar-refractivity contribution in [3.05, 3.63) is 29.8 Å². The number of ether oxygens (including phenoxy) is 1. The fourth-order valence-corrected chi connectivity index (χ4v) is 2.57. The molecule has 116 valence electrons. The topological polar surface area (TPSA) is 67.6 Å². The number of hydrogen-bond donors (Lipinski definition) is 2. The predicted octanol–water partition coefficient (Wildman–Crippen LogP) is 1.58. The molecule has 3 N–H and O–H groups in total. The lowest BCUT2D eigenvalue weighted by Crippen LogP contribution is -2.28.